The van der Waals surface area contributed by atoms with E-state index in [0.29, 0.717) is 5.82 Å². The second kappa shape index (κ2) is 5.72. The van der Waals surface area contributed by atoms with E-state index in [1.165, 1.54) is 4.88 Å². The predicted molar refractivity (Wildman–Crippen MR) is 83.7 cm³/mol. The lowest BCUT2D eigenvalue weighted by atomic mass is 10.1. The minimum atomic E-state index is 0.242. The van der Waals surface area contributed by atoms with E-state index in [-0.39, 0.29) is 6.04 Å². The van der Waals surface area contributed by atoms with Crippen molar-refractivity contribution in [1.82, 2.24) is 20.6 Å². The second-order valence-corrected chi connectivity index (χ2v) is 6.82. The van der Waals surface area contributed by atoms with Crippen molar-refractivity contribution in [3.05, 3.63) is 45.1 Å². The molecule has 102 valence electrons. The molecule has 1 aromatic carbocycles. The van der Waals surface area contributed by atoms with E-state index in [9.17, 15) is 0 Å². The molecular formula is C13H12BrN5S. The number of hydrogen-bond donors (Lipinski definition) is 2. The Morgan fingerprint density at radius 1 is 1.30 bits per heavy atom. The Bertz CT molecular complexity index is 694. The molecule has 2 heterocycles. The average molecular weight is 350 g/mol. The number of tetrazole rings is 1. The summed E-state index contributed by atoms with van der Waals surface area (Å²) < 4.78 is 1.14. The van der Waals surface area contributed by atoms with Crippen LogP contribution in [-0.2, 0) is 0 Å². The van der Waals surface area contributed by atoms with Crippen molar-refractivity contribution >= 4 is 33.0 Å². The van der Waals surface area contributed by atoms with Gasteiger partial charge in [0.25, 0.3) is 0 Å². The standard InChI is InChI=1S/C13H12BrN5S/c1-8(11-5-6-12(14)20-11)15-10-4-2-3-9(7-10)13-16-18-19-17-13/h2-8,15H,1H3,(H,16,17,18,19). The number of hydrogen-bond acceptors (Lipinski definition) is 5. The highest BCUT2D eigenvalue weighted by Crippen LogP contribution is 2.30. The number of aromatic nitrogens is 4. The first kappa shape index (κ1) is 13.3. The number of benzene rings is 1. The van der Waals surface area contributed by atoms with Crippen molar-refractivity contribution in [3.8, 4) is 11.4 Å². The number of H-pyrrole nitrogens is 1. The van der Waals surface area contributed by atoms with Gasteiger partial charge < -0.3 is 5.32 Å². The molecule has 0 aliphatic heterocycles. The summed E-state index contributed by atoms with van der Waals surface area (Å²) in [4.78, 5) is 1.28. The van der Waals surface area contributed by atoms with E-state index in [0.717, 1.165) is 15.0 Å². The average Bonchev–Trinajstić information content (AvgIpc) is 3.10. The van der Waals surface area contributed by atoms with Gasteiger partial charge in [0.05, 0.1) is 9.83 Å². The normalized spacial score (nSPS) is 12.3. The smallest absolute Gasteiger partial charge is 0.204 e. The lowest BCUT2D eigenvalue weighted by Gasteiger charge is -2.14. The molecule has 2 N–H and O–H groups in total. The Hall–Kier alpha value is -1.73. The molecule has 0 bridgehead atoms. The van der Waals surface area contributed by atoms with E-state index in [2.05, 4.69) is 60.9 Å². The van der Waals surface area contributed by atoms with Gasteiger partial charge in [-0.1, -0.05) is 12.1 Å². The number of anilines is 1. The number of aromatic amines is 1. The topological polar surface area (TPSA) is 66.5 Å². The summed E-state index contributed by atoms with van der Waals surface area (Å²) in [5, 5.41) is 17.5. The van der Waals surface area contributed by atoms with Gasteiger partial charge in [-0.15, -0.1) is 21.5 Å². The van der Waals surface area contributed by atoms with Crippen LogP contribution in [0.3, 0.4) is 0 Å². The molecule has 0 aliphatic carbocycles. The molecule has 0 aliphatic rings. The fourth-order valence-electron chi connectivity index (χ4n) is 1.91. The van der Waals surface area contributed by atoms with Gasteiger partial charge in [0.15, 0.2) is 0 Å². The summed E-state index contributed by atoms with van der Waals surface area (Å²) in [6, 6.07) is 12.4. The van der Waals surface area contributed by atoms with E-state index in [1.807, 2.05) is 24.3 Å². The summed E-state index contributed by atoms with van der Waals surface area (Å²) in [6.07, 6.45) is 0. The van der Waals surface area contributed by atoms with Crippen LogP contribution in [0.25, 0.3) is 11.4 Å². The molecule has 0 saturated carbocycles. The van der Waals surface area contributed by atoms with Gasteiger partial charge >= 0.3 is 0 Å². The van der Waals surface area contributed by atoms with Crippen molar-refractivity contribution in [2.24, 2.45) is 0 Å². The Morgan fingerprint density at radius 2 is 2.20 bits per heavy atom. The highest BCUT2D eigenvalue weighted by atomic mass is 79.9. The van der Waals surface area contributed by atoms with Crippen LogP contribution in [0.1, 0.15) is 17.8 Å². The van der Waals surface area contributed by atoms with Gasteiger partial charge in [-0.05, 0) is 52.3 Å². The molecule has 2 aromatic heterocycles. The Kier molecular flexibility index (Phi) is 3.79. The van der Waals surface area contributed by atoms with Crippen molar-refractivity contribution in [3.63, 3.8) is 0 Å². The van der Waals surface area contributed by atoms with E-state index < -0.39 is 0 Å². The zero-order chi connectivity index (χ0) is 13.9. The molecule has 20 heavy (non-hydrogen) atoms. The fraction of sp³-hybridized carbons (Fsp3) is 0.154. The first-order valence-corrected chi connectivity index (χ1v) is 7.69. The van der Waals surface area contributed by atoms with Crippen LogP contribution in [0.4, 0.5) is 5.69 Å². The molecule has 3 rings (SSSR count). The zero-order valence-corrected chi connectivity index (χ0v) is 13.1. The first-order valence-electron chi connectivity index (χ1n) is 6.08. The molecule has 5 nitrogen and oxygen atoms in total. The monoisotopic (exact) mass is 349 g/mol. The van der Waals surface area contributed by atoms with Crippen LogP contribution in [-0.4, -0.2) is 20.6 Å². The third-order valence-electron chi connectivity index (χ3n) is 2.87. The molecule has 0 amide bonds. The van der Waals surface area contributed by atoms with Gasteiger partial charge in [0.2, 0.25) is 5.82 Å². The maximum Gasteiger partial charge on any atom is 0.204 e. The highest BCUT2D eigenvalue weighted by Gasteiger charge is 2.09. The molecular weight excluding hydrogens is 338 g/mol. The summed E-state index contributed by atoms with van der Waals surface area (Å²) >= 11 is 5.22. The molecule has 1 unspecified atom stereocenters. The summed E-state index contributed by atoms with van der Waals surface area (Å²) in [5.41, 5.74) is 1.97. The SMILES string of the molecule is CC(Nc1cccc(-c2nn[nH]n2)c1)c1ccc(Br)s1. The fourth-order valence-corrected chi connectivity index (χ4v) is 3.34. The van der Waals surface area contributed by atoms with Gasteiger partial charge in [0, 0.05) is 16.1 Å². The van der Waals surface area contributed by atoms with Crippen molar-refractivity contribution in [2.75, 3.05) is 5.32 Å². The van der Waals surface area contributed by atoms with E-state index in [4.69, 9.17) is 0 Å². The van der Waals surface area contributed by atoms with Gasteiger partial charge in [-0.3, -0.25) is 0 Å². The largest absolute Gasteiger partial charge is 0.378 e. The minimum absolute atomic E-state index is 0.242. The van der Waals surface area contributed by atoms with Crippen LogP contribution in [0.2, 0.25) is 0 Å². The van der Waals surface area contributed by atoms with E-state index >= 15 is 0 Å². The zero-order valence-electron chi connectivity index (χ0n) is 10.7. The molecule has 3 aromatic rings. The maximum absolute atomic E-state index is 3.99. The molecule has 0 radical (unpaired) electrons. The highest BCUT2D eigenvalue weighted by molar-refractivity contribution is 9.11. The van der Waals surface area contributed by atoms with Crippen LogP contribution in [0, 0.1) is 0 Å². The van der Waals surface area contributed by atoms with Crippen LogP contribution >= 0.6 is 27.3 Å². The molecule has 1 atom stereocenters. The van der Waals surface area contributed by atoms with Crippen LogP contribution < -0.4 is 5.32 Å². The number of nitrogens with one attached hydrogen (secondary N) is 2. The Balaban J connectivity index is 1.79. The van der Waals surface area contributed by atoms with Crippen molar-refractivity contribution < 1.29 is 0 Å². The number of halogens is 1. The summed E-state index contributed by atoms with van der Waals surface area (Å²) in [6.45, 7) is 2.14. The molecule has 0 fully saturated rings. The Labute approximate surface area is 128 Å². The third-order valence-corrected chi connectivity index (χ3v) is 4.68. The van der Waals surface area contributed by atoms with Gasteiger partial charge in [0.1, 0.15) is 0 Å². The van der Waals surface area contributed by atoms with E-state index in [1.54, 1.807) is 11.3 Å². The van der Waals surface area contributed by atoms with Crippen molar-refractivity contribution in [1.29, 1.82) is 0 Å². The lowest BCUT2D eigenvalue weighted by molar-refractivity contribution is 0.881. The third kappa shape index (κ3) is 2.88. The number of nitrogens with zero attached hydrogens (tertiary/aromatic N) is 3. The quantitative estimate of drug-likeness (QED) is 0.750. The second-order valence-electron chi connectivity index (χ2n) is 4.32. The number of thiophene rings is 1. The lowest BCUT2D eigenvalue weighted by Crippen LogP contribution is -2.04. The predicted octanol–water partition coefficient (Wildman–Crippen LogP) is 3.86. The van der Waals surface area contributed by atoms with Crippen molar-refractivity contribution in [2.45, 2.75) is 13.0 Å². The summed E-state index contributed by atoms with van der Waals surface area (Å²) in [7, 11) is 0. The Morgan fingerprint density at radius 3 is 2.90 bits per heavy atom. The maximum atomic E-state index is 3.99. The van der Waals surface area contributed by atoms with Crippen LogP contribution in [0.5, 0.6) is 0 Å². The van der Waals surface area contributed by atoms with Crippen LogP contribution in [0.15, 0.2) is 40.2 Å². The van der Waals surface area contributed by atoms with Gasteiger partial charge in [-0.25, -0.2) is 0 Å². The number of rotatable bonds is 4. The van der Waals surface area contributed by atoms with Gasteiger partial charge in [-0.2, -0.15) is 5.21 Å². The summed E-state index contributed by atoms with van der Waals surface area (Å²) in [5.74, 6) is 0.597. The molecule has 0 spiro atoms. The molecule has 7 heteroatoms. The minimum Gasteiger partial charge on any atom is -0.378 e. The first-order chi connectivity index (χ1) is 9.72. The molecule has 0 saturated heterocycles.